The van der Waals surface area contributed by atoms with E-state index in [-0.39, 0.29) is 17.2 Å². The first-order valence-corrected chi connectivity index (χ1v) is 8.00. The van der Waals surface area contributed by atoms with Crippen LogP contribution in [0.4, 0.5) is 0 Å². The Kier molecular flexibility index (Phi) is 5.20. The fourth-order valence-electron chi connectivity index (χ4n) is 2.69. The molecule has 128 valence electrons. The summed E-state index contributed by atoms with van der Waals surface area (Å²) < 4.78 is 5.13. The fourth-order valence-corrected chi connectivity index (χ4v) is 2.69. The molecule has 6 nitrogen and oxygen atoms in total. The van der Waals surface area contributed by atoms with E-state index in [0.29, 0.717) is 30.5 Å². The minimum absolute atomic E-state index is 0.238. The number of hydrogen-bond donors (Lipinski definition) is 1. The monoisotopic (exact) mass is 337 g/mol. The van der Waals surface area contributed by atoms with Crippen LogP contribution in [0.15, 0.2) is 59.4 Å². The van der Waals surface area contributed by atoms with Gasteiger partial charge in [-0.3, -0.25) is 9.59 Å². The molecule has 0 spiro atoms. The highest BCUT2D eigenvalue weighted by molar-refractivity contribution is 6.04. The lowest BCUT2D eigenvalue weighted by Gasteiger charge is -2.22. The Labute approximate surface area is 145 Å². The number of H-pyrrole nitrogens is 1. The lowest BCUT2D eigenvalue weighted by molar-refractivity contribution is 0.0675. The van der Waals surface area contributed by atoms with E-state index < -0.39 is 0 Å². The van der Waals surface area contributed by atoms with Crippen LogP contribution in [0.2, 0.25) is 0 Å². The summed E-state index contributed by atoms with van der Waals surface area (Å²) in [4.78, 5) is 26.7. The standard InChI is InChI=1S/C19H19N3O3/c1-25-12-11-22(13-14-7-3-2-4-8-14)19(24)17-15-9-5-6-10-16(15)18(23)21-20-17/h2-10H,11-13H2,1H3,(H,21,23). The van der Waals surface area contributed by atoms with Crippen molar-refractivity contribution in [3.8, 4) is 0 Å². The summed E-state index contributed by atoms with van der Waals surface area (Å²) in [5, 5.41) is 7.42. The molecule has 3 aromatic rings. The molecule has 0 fully saturated rings. The van der Waals surface area contributed by atoms with E-state index in [1.807, 2.05) is 30.3 Å². The topological polar surface area (TPSA) is 75.3 Å². The Morgan fingerprint density at radius 3 is 2.48 bits per heavy atom. The van der Waals surface area contributed by atoms with Gasteiger partial charge in [0.05, 0.1) is 12.0 Å². The second kappa shape index (κ2) is 7.72. The van der Waals surface area contributed by atoms with Crippen LogP contribution in [0.1, 0.15) is 16.1 Å². The molecule has 25 heavy (non-hydrogen) atoms. The van der Waals surface area contributed by atoms with Crippen LogP contribution in [0, 0.1) is 0 Å². The van der Waals surface area contributed by atoms with Gasteiger partial charge in [-0.1, -0.05) is 48.5 Å². The van der Waals surface area contributed by atoms with E-state index in [1.165, 1.54) is 0 Å². The second-order valence-corrected chi connectivity index (χ2v) is 5.65. The molecular weight excluding hydrogens is 318 g/mol. The summed E-state index contributed by atoms with van der Waals surface area (Å²) in [6.45, 7) is 1.29. The Hall–Kier alpha value is -2.99. The van der Waals surface area contributed by atoms with Gasteiger partial charge >= 0.3 is 0 Å². The number of aromatic nitrogens is 2. The molecule has 0 aliphatic heterocycles. The summed E-state index contributed by atoms with van der Waals surface area (Å²) in [6.07, 6.45) is 0. The number of carbonyl (C=O) groups is 1. The highest BCUT2D eigenvalue weighted by atomic mass is 16.5. The van der Waals surface area contributed by atoms with E-state index in [2.05, 4.69) is 10.2 Å². The molecule has 0 aliphatic carbocycles. The van der Waals surface area contributed by atoms with Gasteiger partial charge in [-0.2, -0.15) is 5.10 Å². The van der Waals surface area contributed by atoms with Crippen LogP contribution in [0.3, 0.4) is 0 Å². The van der Waals surface area contributed by atoms with Crippen molar-refractivity contribution in [3.05, 3.63) is 76.2 Å². The van der Waals surface area contributed by atoms with Crippen molar-refractivity contribution in [1.29, 1.82) is 0 Å². The number of hydrogen-bond acceptors (Lipinski definition) is 4. The normalized spacial score (nSPS) is 10.8. The number of methoxy groups -OCH3 is 1. The molecule has 0 saturated heterocycles. The molecule has 1 N–H and O–H groups in total. The second-order valence-electron chi connectivity index (χ2n) is 5.65. The van der Waals surface area contributed by atoms with Gasteiger partial charge in [0.15, 0.2) is 5.69 Å². The minimum Gasteiger partial charge on any atom is -0.383 e. The molecule has 1 aromatic heterocycles. The SMILES string of the molecule is COCCN(Cc1ccccc1)C(=O)c1n[nH]c(=O)c2ccccc12. The first-order chi connectivity index (χ1) is 12.2. The number of fused-ring (bicyclic) bond motifs is 1. The molecule has 0 atom stereocenters. The number of rotatable bonds is 6. The molecule has 6 heteroatoms. The molecule has 0 aliphatic rings. The lowest BCUT2D eigenvalue weighted by atomic mass is 10.1. The van der Waals surface area contributed by atoms with Crippen LogP contribution in [0.5, 0.6) is 0 Å². The van der Waals surface area contributed by atoms with Gasteiger partial charge < -0.3 is 9.64 Å². The zero-order valence-electron chi connectivity index (χ0n) is 13.9. The number of amides is 1. The first kappa shape index (κ1) is 16.9. The Balaban J connectivity index is 1.97. The third-order valence-electron chi connectivity index (χ3n) is 3.97. The highest BCUT2D eigenvalue weighted by Gasteiger charge is 2.20. The van der Waals surface area contributed by atoms with Gasteiger partial charge in [-0.25, -0.2) is 5.10 Å². The third-order valence-corrected chi connectivity index (χ3v) is 3.97. The number of ether oxygens (including phenoxy) is 1. The maximum Gasteiger partial charge on any atom is 0.275 e. The van der Waals surface area contributed by atoms with Crippen molar-refractivity contribution in [2.75, 3.05) is 20.3 Å². The summed E-state index contributed by atoms with van der Waals surface area (Å²) >= 11 is 0. The van der Waals surface area contributed by atoms with Crippen LogP contribution >= 0.6 is 0 Å². The zero-order chi connectivity index (χ0) is 17.6. The van der Waals surface area contributed by atoms with Gasteiger partial charge in [-0.15, -0.1) is 0 Å². The van der Waals surface area contributed by atoms with Gasteiger partial charge in [0.25, 0.3) is 11.5 Å². The summed E-state index contributed by atoms with van der Waals surface area (Å²) in [5.41, 5.74) is 0.946. The quantitative estimate of drug-likeness (QED) is 0.748. The Bertz CT molecular complexity index is 922. The van der Waals surface area contributed by atoms with Crippen molar-refractivity contribution in [2.45, 2.75) is 6.54 Å². The molecule has 3 rings (SSSR count). The van der Waals surface area contributed by atoms with Crippen molar-refractivity contribution < 1.29 is 9.53 Å². The fraction of sp³-hybridized carbons (Fsp3) is 0.211. The van der Waals surface area contributed by atoms with Gasteiger partial charge in [0, 0.05) is 25.6 Å². The number of nitrogens with zero attached hydrogens (tertiary/aromatic N) is 2. The van der Waals surface area contributed by atoms with E-state index in [9.17, 15) is 9.59 Å². The average Bonchev–Trinajstić information content (AvgIpc) is 2.66. The van der Waals surface area contributed by atoms with E-state index >= 15 is 0 Å². The summed E-state index contributed by atoms with van der Waals surface area (Å²) in [7, 11) is 1.60. The summed E-state index contributed by atoms with van der Waals surface area (Å²) in [6, 6.07) is 16.7. The van der Waals surface area contributed by atoms with Crippen LogP contribution in [-0.2, 0) is 11.3 Å². The van der Waals surface area contributed by atoms with E-state index in [0.717, 1.165) is 5.56 Å². The van der Waals surface area contributed by atoms with Gasteiger partial charge in [0.1, 0.15) is 0 Å². The Morgan fingerprint density at radius 1 is 1.08 bits per heavy atom. The zero-order valence-corrected chi connectivity index (χ0v) is 13.9. The predicted molar refractivity (Wildman–Crippen MR) is 95.4 cm³/mol. The number of aromatic amines is 1. The Morgan fingerprint density at radius 2 is 1.76 bits per heavy atom. The molecule has 2 aromatic carbocycles. The maximum atomic E-state index is 13.1. The molecular formula is C19H19N3O3. The van der Waals surface area contributed by atoms with E-state index in [4.69, 9.17) is 4.74 Å². The predicted octanol–water partition coefficient (Wildman–Crippen LogP) is 2.21. The summed E-state index contributed by atoms with van der Waals surface area (Å²) in [5.74, 6) is -0.242. The lowest BCUT2D eigenvalue weighted by Crippen LogP contribution is -2.34. The highest BCUT2D eigenvalue weighted by Crippen LogP contribution is 2.16. The van der Waals surface area contributed by atoms with Crippen molar-refractivity contribution in [2.24, 2.45) is 0 Å². The van der Waals surface area contributed by atoms with Crippen molar-refractivity contribution >= 4 is 16.7 Å². The van der Waals surface area contributed by atoms with Crippen LogP contribution < -0.4 is 5.56 Å². The first-order valence-electron chi connectivity index (χ1n) is 8.00. The number of nitrogens with one attached hydrogen (secondary N) is 1. The van der Waals surface area contributed by atoms with Crippen LogP contribution in [-0.4, -0.2) is 41.3 Å². The molecule has 0 saturated carbocycles. The van der Waals surface area contributed by atoms with Gasteiger partial charge in [0.2, 0.25) is 0 Å². The average molecular weight is 337 g/mol. The van der Waals surface area contributed by atoms with Crippen LogP contribution in [0.25, 0.3) is 10.8 Å². The van der Waals surface area contributed by atoms with Gasteiger partial charge in [-0.05, 0) is 11.6 Å². The maximum absolute atomic E-state index is 13.1. The molecule has 1 heterocycles. The van der Waals surface area contributed by atoms with Crippen molar-refractivity contribution in [3.63, 3.8) is 0 Å². The molecule has 0 bridgehead atoms. The number of benzene rings is 2. The minimum atomic E-state index is -0.307. The smallest absolute Gasteiger partial charge is 0.275 e. The molecule has 0 radical (unpaired) electrons. The largest absolute Gasteiger partial charge is 0.383 e. The third kappa shape index (κ3) is 3.75. The van der Waals surface area contributed by atoms with E-state index in [1.54, 1.807) is 36.3 Å². The molecule has 1 amide bonds. The number of carbonyl (C=O) groups excluding carboxylic acids is 1. The van der Waals surface area contributed by atoms with Crippen molar-refractivity contribution in [1.82, 2.24) is 15.1 Å². The molecule has 0 unspecified atom stereocenters.